The van der Waals surface area contributed by atoms with E-state index in [2.05, 4.69) is 25.8 Å². The lowest BCUT2D eigenvalue weighted by atomic mass is 10.1. The normalized spacial score (nSPS) is 12.7. The van der Waals surface area contributed by atoms with Crippen molar-refractivity contribution in [3.63, 3.8) is 0 Å². The molecule has 9 nitrogen and oxygen atoms in total. The van der Waals surface area contributed by atoms with Gasteiger partial charge in [0.1, 0.15) is 11.5 Å². The maximum Gasteiger partial charge on any atom is 0.323 e. The predicted octanol–water partition coefficient (Wildman–Crippen LogP) is 4.27. The summed E-state index contributed by atoms with van der Waals surface area (Å²) in [6.45, 7) is 2.16. The third kappa shape index (κ3) is 6.00. The molecule has 3 N–H and O–H groups in total. The highest BCUT2D eigenvalue weighted by Gasteiger charge is 2.21. The van der Waals surface area contributed by atoms with Gasteiger partial charge in [0.25, 0.3) is 5.91 Å². The van der Waals surface area contributed by atoms with E-state index in [9.17, 15) is 9.59 Å². The largest absolute Gasteiger partial charge is 0.497 e. The van der Waals surface area contributed by atoms with Gasteiger partial charge in [0, 0.05) is 49.5 Å². The molecule has 1 aliphatic rings. The Balaban J connectivity index is 1.51. The Morgan fingerprint density at radius 1 is 1.00 bits per heavy atom. The van der Waals surface area contributed by atoms with Crippen molar-refractivity contribution in [2.45, 2.75) is 19.4 Å². The molecule has 0 unspecified atom stereocenters. The zero-order valence-electron chi connectivity index (χ0n) is 19.8. The lowest BCUT2D eigenvalue weighted by molar-refractivity contribution is 0.0951. The number of hydrogen-bond acceptors (Lipinski definition) is 6. The minimum Gasteiger partial charge on any atom is -0.497 e. The molecule has 2 aromatic carbocycles. The summed E-state index contributed by atoms with van der Waals surface area (Å²) in [6.07, 6.45) is 5.58. The van der Waals surface area contributed by atoms with Crippen LogP contribution in [0.15, 0.2) is 60.9 Å². The molecule has 0 spiro atoms. The van der Waals surface area contributed by atoms with Crippen LogP contribution in [0.5, 0.6) is 11.5 Å². The number of aromatic nitrogens is 1. The van der Waals surface area contributed by atoms with E-state index in [1.165, 1.54) is 7.11 Å². The van der Waals surface area contributed by atoms with Gasteiger partial charge in [0.15, 0.2) is 0 Å². The van der Waals surface area contributed by atoms with Crippen LogP contribution in [0.1, 0.15) is 28.8 Å². The lowest BCUT2D eigenvalue weighted by Gasteiger charge is -2.22. The fourth-order valence-corrected chi connectivity index (χ4v) is 4.00. The molecule has 0 radical (unpaired) electrons. The summed E-state index contributed by atoms with van der Waals surface area (Å²) in [5, 5.41) is 8.55. The van der Waals surface area contributed by atoms with Gasteiger partial charge >= 0.3 is 6.03 Å². The van der Waals surface area contributed by atoms with Crippen molar-refractivity contribution >= 4 is 29.0 Å². The van der Waals surface area contributed by atoms with Gasteiger partial charge < -0.3 is 30.3 Å². The predicted molar refractivity (Wildman–Crippen MR) is 135 cm³/mol. The van der Waals surface area contributed by atoms with E-state index >= 15 is 0 Å². The van der Waals surface area contributed by atoms with Gasteiger partial charge in [-0.1, -0.05) is 6.07 Å². The molecule has 3 amide bonds. The van der Waals surface area contributed by atoms with Crippen LogP contribution in [0.2, 0.25) is 0 Å². The first kappa shape index (κ1) is 23.9. The number of nitrogens with one attached hydrogen (secondary N) is 3. The Kier molecular flexibility index (Phi) is 7.67. The molecule has 9 heteroatoms. The van der Waals surface area contributed by atoms with Crippen LogP contribution in [0, 0.1) is 0 Å². The highest BCUT2D eigenvalue weighted by molar-refractivity contribution is 6.04. The molecule has 0 atom stereocenters. The molecule has 1 aliphatic heterocycles. The van der Waals surface area contributed by atoms with Crippen molar-refractivity contribution in [2.75, 3.05) is 42.8 Å². The van der Waals surface area contributed by atoms with E-state index in [-0.39, 0.29) is 5.91 Å². The number of benzene rings is 2. The number of carbonyl (C=O) groups is 2. The van der Waals surface area contributed by atoms with Gasteiger partial charge in [-0.05, 0) is 54.8 Å². The van der Waals surface area contributed by atoms with Crippen LogP contribution in [0.3, 0.4) is 0 Å². The summed E-state index contributed by atoms with van der Waals surface area (Å²) in [7, 11) is 3.08. The summed E-state index contributed by atoms with van der Waals surface area (Å²) < 4.78 is 10.5. The third-order valence-corrected chi connectivity index (χ3v) is 5.78. The number of methoxy groups -OCH3 is 2. The van der Waals surface area contributed by atoms with Crippen molar-refractivity contribution in [1.29, 1.82) is 0 Å². The molecular formula is C26H29N5O4. The fourth-order valence-electron chi connectivity index (χ4n) is 4.00. The zero-order valence-corrected chi connectivity index (χ0v) is 19.8. The second-order valence-electron chi connectivity index (χ2n) is 8.12. The van der Waals surface area contributed by atoms with E-state index in [1.807, 2.05) is 18.2 Å². The van der Waals surface area contributed by atoms with Crippen LogP contribution in [-0.4, -0.2) is 44.2 Å². The summed E-state index contributed by atoms with van der Waals surface area (Å²) in [5.74, 6) is 0.878. The third-order valence-electron chi connectivity index (χ3n) is 5.78. The fraction of sp³-hybridized carbons (Fsp3) is 0.269. The number of ether oxygens (including phenoxy) is 2. The highest BCUT2D eigenvalue weighted by atomic mass is 16.5. The van der Waals surface area contributed by atoms with E-state index < -0.39 is 6.03 Å². The maximum absolute atomic E-state index is 13.2. The molecule has 1 aromatic heterocycles. The molecule has 4 rings (SSSR count). The molecule has 35 heavy (non-hydrogen) atoms. The van der Waals surface area contributed by atoms with Crippen molar-refractivity contribution in [2.24, 2.45) is 0 Å². The minimum absolute atomic E-state index is 0.211. The molecular weight excluding hydrogens is 446 g/mol. The van der Waals surface area contributed by atoms with Crippen molar-refractivity contribution in [3.8, 4) is 11.5 Å². The van der Waals surface area contributed by atoms with Gasteiger partial charge in [-0.3, -0.25) is 9.78 Å². The zero-order chi connectivity index (χ0) is 24.6. The van der Waals surface area contributed by atoms with Crippen molar-refractivity contribution < 1.29 is 19.1 Å². The molecule has 3 aromatic rings. The van der Waals surface area contributed by atoms with Gasteiger partial charge in [0.05, 0.1) is 25.5 Å². The number of carbonyl (C=O) groups excluding carboxylic acids is 2. The Morgan fingerprint density at radius 3 is 2.54 bits per heavy atom. The van der Waals surface area contributed by atoms with Crippen LogP contribution in [0.4, 0.5) is 21.9 Å². The van der Waals surface area contributed by atoms with Gasteiger partial charge in [-0.2, -0.15) is 0 Å². The second kappa shape index (κ2) is 11.2. The first-order chi connectivity index (χ1) is 17.1. The number of nitrogens with zero attached hydrogens (tertiary/aromatic N) is 2. The summed E-state index contributed by atoms with van der Waals surface area (Å²) in [6, 6.07) is 13.8. The standard InChI is InChI=1S/C26H29N5O4/c1-34-20-8-9-22(24(15-20)35-2)30-26(33)29-19-7-10-23(31-12-3-4-13-31)21(14-19)25(32)28-17-18-6-5-11-27-16-18/h5-11,14-16H,3-4,12-13,17H2,1-2H3,(H,28,32)(H2,29,30,33). The first-order valence-electron chi connectivity index (χ1n) is 11.4. The number of rotatable bonds is 8. The summed E-state index contributed by atoms with van der Waals surface area (Å²) in [5.41, 5.74) is 3.27. The molecule has 2 heterocycles. The topological polar surface area (TPSA) is 105 Å². The molecule has 0 saturated carbocycles. The van der Waals surface area contributed by atoms with E-state index in [0.29, 0.717) is 35.0 Å². The van der Waals surface area contributed by atoms with Gasteiger partial charge in [-0.15, -0.1) is 0 Å². The minimum atomic E-state index is -0.455. The molecule has 1 saturated heterocycles. The van der Waals surface area contributed by atoms with Crippen LogP contribution < -0.4 is 30.3 Å². The van der Waals surface area contributed by atoms with E-state index in [4.69, 9.17) is 9.47 Å². The van der Waals surface area contributed by atoms with Crippen LogP contribution in [-0.2, 0) is 6.54 Å². The Hall–Kier alpha value is -4.27. The first-order valence-corrected chi connectivity index (χ1v) is 11.4. The number of hydrogen-bond donors (Lipinski definition) is 3. The van der Waals surface area contributed by atoms with Crippen LogP contribution in [0.25, 0.3) is 0 Å². The molecule has 1 fully saturated rings. The Morgan fingerprint density at radius 2 is 1.83 bits per heavy atom. The monoisotopic (exact) mass is 475 g/mol. The number of pyridine rings is 1. The SMILES string of the molecule is COc1ccc(NC(=O)Nc2ccc(N3CCCC3)c(C(=O)NCc3cccnc3)c2)c(OC)c1. The molecule has 0 bridgehead atoms. The summed E-state index contributed by atoms with van der Waals surface area (Å²) >= 11 is 0. The highest BCUT2D eigenvalue weighted by Crippen LogP contribution is 2.30. The Bertz CT molecular complexity index is 1180. The van der Waals surface area contributed by atoms with Gasteiger partial charge in [-0.25, -0.2) is 4.79 Å². The number of urea groups is 1. The Labute approximate surface area is 204 Å². The van der Waals surface area contributed by atoms with E-state index in [1.54, 1.807) is 49.8 Å². The molecule has 0 aliphatic carbocycles. The second-order valence-corrected chi connectivity index (χ2v) is 8.12. The number of anilines is 3. The lowest BCUT2D eigenvalue weighted by Crippen LogP contribution is -2.28. The van der Waals surface area contributed by atoms with Crippen molar-refractivity contribution in [1.82, 2.24) is 10.3 Å². The quantitative estimate of drug-likeness (QED) is 0.449. The average Bonchev–Trinajstić information content (AvgIpc) is 3.43. The average molecular weight is 476 g/mol. The summed E-state index contributed by atoms with van der Waals surface area (Å²) in [4.78, 5) is 32.2. The number of amides is 3. The maximum atomic E-state index is 13.2. The van der Waals surface area contributed by atoms with Crippen LogP contribution >= 0.6 is 0 Å². The van der Waals surface area contributed by atoms with E-state index in [0.717, 1.165) is 37.2 Å². The van der Waals surface area contributed by atoms with Gasteiger partial charge in [0.2, 0.25) is 0 Å². The van der Waals surface area contributed by atoms with Crippen molar-refractivity contribution in [3.05, 3.63) is 72.1 Å². The molecule has 182 valence electrons. The smallest absolute Gasteiger partial charge is 0.323 e.